The molecule has 1 aromatic heterocycles. The predicted octanol–water partition coefficient (Wildman–Crippen LogP) is 0.537. The number of fused-ring (bicyclic) bond motifs is 1. The Kier molecular flexibility index (Phi) is 1.83. The van der Waals surface area contributed by atoms with E-state index in [1.165, 1.54) is 7.11 Å². The number of hydrogen-bond acceptors (Lipinski definition) is 3. The zero-order chi connectivity index (χ0) is 9.42. The van der Waals surface area contributed by atoms with E-state index in [0.717, 1.165) is 17.8 Å². The molecule has 2 heterocycles. The van der Waals surface area contributed by atoms with Crippen LogP contribution in [0.1, 0.15) is 11.4 Å². The van der Waals surface area contributed by atoms with Gasteiger partial charge in [-0.15, -0.1) is 0 Å². The Balaban J connectivity index is 2.15. The van der Waals surface area contributed by atoms with E-state index in [4.69, 9.17) is 0 Å². The molecule has 0 N–H and O–H groups in total. The highest BCUT2D eigenvalue weighted by molar-refractivity contribution is 5.73. The Morgan fingerprint density at radius 2 is 2.54 bits per heavy atom. The molecule has 4 heteroatoms. The van der Waals surface area contributed by atoms with Gasteiger partial charge in [0.25, 0.3) is 0 Å². The molecule has 0 saturated heterocycles. The molecule has 1 aliphatic heterocycles. The summed E-state index contributed by atoms with van der Waals surface area (Å²) in [4.78, 5) is 11.2. The van der Waals surface area contributed by atoms with E-state index in [9.17, 15) is 4.79 Å². The number of esters is 1. The van der Waals surface area contributed by atoms with Gasteiger partial charge in [0.2, 0.25) is 0 Å². The zero-order valence-electron chi connectivity index (χ0n) is 7.78. The van der Waals surface area contributed by atoms with Gasteiger partial charge in [0, 0.05) is 12.1 Å². The van der Waals surface area contributed by atoms with Gasteiger partial charge in [0.15, 0.2) is 0 Å². The molecule has 0 saturated carbocycles. The molecule has 0 bridgehead atoms. The van der Waals surface area contributed by atoms with Gasteiger partial charge in [-0.3, -0.25) is 9.48 Å². The van der Waals surface area contributed by atoms with E-state index in [2.05, 4.69) is 9.84 Å². The van der Waals surface area contributed by atoms with Crippen molar-refractivity contribution in [2.24, 2.45) is 5.92 Å². The van der Waals surface area contributed by atoms with E-state index in [0.29, 0.717) is 6.54 Å². The number of rotatable bonds is 1. The molecule has 0 radical (unpaired) electrons. The highest BCUT2D eigenvalue weighted by Crippen LogP contribution is 2.21. The van der Waals surface area contributed by atoms with Crippen molar-refractivity contribution < 1.29 is 9.53 Å². The molecule has 1 atom stereocenters. The maximum absolute atomic E-state index is 11.2. The Labute approximate surface area is 76.5 Å². The topological polar surface area (TPSA) is 44.1 Å². The van der Waals surface area contributed by atoms with Gasteiger partial charge < -0.3 is 4.74 Å². The van der Waals surface area contributed by atoms with Gasteiger partial charge in [0.1, 0.15) is 0 Å². The van der Waals surface area contributed by atoms with Crippen LogP contribution in [0.15, 0.2) is 6.07 Å². The molecule has 4 nitrogen and oxygen atoms in total. The highest BCUT2D eigenvalue weighted by atomic mass is 16.5. The molecule has 0 amide bonds. The van der Waals surface area contributed by atoms with Gasteiger partial charge in [-0.25, -0.2) is 0 Å². The minimum Gasteiger partial charge on any atom is -0.469 e. The summed E-state index contributed by atoms with van der Waals surface area (Å²) in [5.41, 5.74) is 2.14. The third-order valence-corrected chi connectivity index (χ3v) is 2.37. The summed E-state index contributed by atoms with van der Waals surface area (Å²) in [6.07, 6.45) is 0.757. The number of nitrogens with zero attached hydrogens (tertiary/aromatic N) is 2. The van der Waals surface area contributed by atoms with E-state index < -0.39 is 0 Å². The molecule has 1 aromatic rings. The molecule has 1 unspecified atom stereocenters. The Morgan fingerprint density at radius 3 is 3.15 bits per heavy atom. The van der Waals surface area contributed by atoms with Crippen LogP contribution >= 0.6 is 0 Å². The van der Waals surface area contributed by atoms with Crippen molar-refractivity contribution in [2.75, 3.05) is 7.11 Å². The quantitative estimate of drug-likeness (QED) is 0.592. The van der Waals surface area contributed by atoms with Crippen molar-refractivity contribution in [3.05, 3.63) is 17.5 Å². The van der Waals surface area contributed by atoms with Crippen molar-refractivity contribution in [3.63, 3.8) is 0 Å². The van der Waals surface area contributed by atoms with Crippen LogP contribution in [-0.2, 0) is 22.5 Å². The molecule has 0 aromatic carbocycles. The van der Waals surface area contributed by atoms with Crippen LogP contribution in [0.25, 0.3) is 0 Å². The lowest BCUT2D eigenvalue weighted by atomic mass is 10.1. The lowest BCUT2D eigenvalue weighted by Gasteiger charge is -2.04. The molecule has 13 heavy (non-hydrogen) atoms. The fraction of sp³-hybridized carbons (Fsp3) is 0.556. The first kappa shape index (κ1) is 8.29. The molecular formula is C9H12N2O2. The van der Waals surface area contributed by atoms with Gasteiger partial charge >= 0.3 is 5.97 Å². The summed E-state index contributed by atoms with van der Waals surface area (Å²) in [6, 6.07) is 2.02. The second-order valence-electron chi connectivity index (χ2n) is 3.38. The molecule has 0 fully saturated rings. The fourth-order valence-corrected chi connectivity index (χ4v) is 1.77. The largest absolute Gasteiger partial charge is 0.469 e. The van der Waals surface area contributed by atoms with Gasteiger partial charge in [-0.2, -0.15) is 5.10 Å². The van der Waals surface area contributed by atoms with Crippen LogP contribution in [0.4, 0.5) is 0 Å². The first-order valence-electron chi connectivity index (χ1n) is 4.32. The number of carbonyl (C=O) groups is 1. The number of aryl methyl sites for hydroxylation is 1. The fourth-order valence-electron chi connectivity index (χ4n) is 1.77. The summed E-state index contributed by atoms with van der Waals surface area (Å²) >= 11 is 0. The standard InChI is InChI=1S/C9H12N2O2/c1-6-3-8-4-7(9(12)13-2)5-11(8)10-6/h3,7H,4-5H2,1-2H3. The van der Waals surface area contributed by atoms with Crippen molar-refractivity contribution in [2.45, 2.75) is 19.9 Å². The average molecular weight is 180 g/mol. The van der Waals surface area contributed by atoms with Crippen molar-refractivity contribution in [3.8, 4) is 0 Å². The van der Waals surface area contributed by atoms with E-state index in [1.54, 1.807) is 0 Å². The minimum absolute atomic E-state index is 0.0342. The molecule has 2 rings (SSSR count). The van der Waals surface area contributed by atoms with Gasteiger partial charge in [-0.1, -0.05) is 0 Å². The van der Waals surface area contributed by atoms with Crippen LogP contribution in [-0.4, -0.2) is 22.9 Å². The minimum atomic E-state index is -0.136. The SMILES string of the molecule is COC(=O)C1Cc2cc(C)nn2C1. The molecule has 1 aliphatic rings. The first-order chi connectivity index (χ1) is 6.20. The number of ether oxygens (including phenoxy) is 1. The third-order valence-electron chi connectivity index (χ3n) is 2.37. The molecule has 70 valence electrons. The average Bonchev–Trinajstić information content (AvgIpc) is 2.59. The first-order valence-corrected chi connectivity index (χ1v) is 4.32. The van der Waals surface area contributed by atoms with Crippen LogP contribution < -0.4 is 0 Å². The maximum Gasteiger partial charge on any atom is 0.310 e. The maximum atomic E-state index is 11.2. The number of aromatic nitrogens is 2. The van der Waals surface area contributed by atoms with Crippen molar-refractivity contribution in [1.82, 2.24) is 9.78 Å². The van der Waals surface area contributed by atoms with E-state index in [-0.39, 0.29) is 11.9 Å². The normalized spacial score (nSPS) is 20.0. The summed E-state index contributed by atoms with van der Waals surface area (Å²) < 4.78 is 6.57. The van der Waals surface area contributed by atoms with E-state index in [1.807, 2.05) is 17.7 Å². The number of hydrogen-bond donors (Lipinski definition) is 0. The highest BCUT2D eigenvalue weighted by Gasteiger charge is 2.28. The van der Waals surface area contributed by atoms with Crippen LogP contribution in [0, 0.1) is 12.8 Å². The number of carbonyl (C=O) groups excluding carboxylic acids is 1. The van der Waals surface area contributed by atoms with Gasteiger partial charge in [0.05, 0.1) is 25.3 Å². The molecular weight excluding hydrogens is 168 g/mol. The smallest absolute Gasteiger partial charge is 0.310 e. The van der Waals surface area contributed by atoms with Crippen LogP contribution in [0.3, 0.4) is 0 Å². The van der Waals surface area contributed by atoms with Crippen molar-refractivity contribution >= 4 is 5.97 Å². The number of methoxy groups -OCH3 is 1. The summed E-state index contributed by atoms with van der Waals surface area (Å²) in [5, 5.41) is 4.27. The lowest BCUT2D eigenvalue weighted by Crippen LogP contribution is -2.17. The zero-order valence-corrected chi connectivity index (χ0v) is 7.78. The van der Waals surface area contributed by atoms with Gasteiger partial charge in [-0.05, 0) is 13.0 Å². The Hall–Kier alpha value is -1.32. The lowest BCUT2D eigenvalue weighted by molar-refractivity contribution is -0.145. The third kappa shape index (κ3) is 1.32. The molecule has 0 aliphatic carbocycles. The predicted molar refractivity (Wildman–Crippen MR) is 46.2 cm³/mol. The second-order valence-corrected chi connectivity index (χ2v) is 3.38. The Bertz CT molecular complexity index is 320. The second kappa shape index (κ2) is 2.87. The summed E-state index contributed by atoms with van der Waals surface area (Å²) in [7, 11) is 1.43. The Morgan fingerprint density at radius 1 is 1.77 bits per heavy atom. The monoisotopic (exact) mass is 180 g/mol. The van der Waals surface area contributed by atoms with Crippen LogP contribution in [0.2, 0.25) is 0 Å². The molecule has 0 spiro atoms. The summed E-state index contributed by atoms with van der Waals surface area (Å²) in [5.74, 6) is -0.170. The van der Waals surface area contributed by atoms with Crippen LogP contribution in [0.5, 0.6) is 0 Å². The van der Waals surface area contributed by atoms with Crippen molar-refractivity contribution in [1.29, 1.82) is 0 Å². The summed E-state index contributed by atoms with van der Waals surface area (Å²) in [6.45, 7) is 2.62. The van der Waals surface area contributed by atoms with E-state index >= 15 is 0 Å².